The lowest BCUT2D eigenvalue weighted by atomic mass is 10.0. The van der Waals surface area contributed by atoms with E-state index in [1.165, 1.54) is 103 Å². The summed E-state index contributed by atoms with van der Waals surface area (Å²) in [5.41, 5.74) is 0. The van der Waals surface area contributed by atoms with Gasteiger partial charge < -0.3 is 0 Å². The summed E-state index contributed by atoms with van der Waals surface area (Å²) in [7, 11) is 0. The molecule has 0 aromatic rings. The second-order valence-corrected chi connectivity index (χ2v) is 5.66. The van der Waals surface area contributed by atoms with Crippen LogP contribution in [-0.2, 0) is 0 Å². The monoisotopic (exact) mass is 288 g/mol. The summed E-state index contributed by atoms with van der Waals surface area (Å²) >= 11 is 0. The van der Waals surface area contributed by atoms with Crippen molar-refractivity contribution in [2.24, 2.45) is 0 Å². The van der Waals surface area contributed by atoms with Crippen molar-refractivity contribution in [3.63, 3.8) is 0 Å². The van der Waals surface area contributed by atoms with Crippen molar-refractivity contribution in [2.45, 2.75) is 132 Å². The van der Waals surface area contributed by atoms with Crippen molar-refractivity contribution < 1.29 is 0 Å². The fourth-order valence-electron chi connectivity index (χ4n) is 1.000. The molecule has 0 amide bonds. The SMILES string of the molecule is C.C.C.C.C1CCC1.C1CCC1.C1CCC1.C1CCC1. The third kappa shape index (κ3) is 20.3. The molecule has 0 atom stereocenters. The number of rotatable bonds is 0. The van der Waals surface area contributed by atoms with E-state index in [1.54, 1.807) is 0 Å². The van der Waals surface area contributed by atoms with Crippen molar-refractivity contribution in [3.8, 4) is 0 Å². The Morgan fingerprint density at radius 1 is 0.150 bits per heavy atom. The molecule has 0 aliphatic heterocycles. The Kier molecular flexibility index (Phi) is 33.9. The second kappa shape index (κ2) is 24.0. The van der Waals surface area contributed by atoms with E-state index in [-0.39, 0.29) is 29.7 Å². The molecule has 0 heterocycles. The molecular formula is C20H48. The van der Waals surface area contributed by atoms with Crippen LogP contribution in [0.15, 0.2) is 0 Å². The molecule has 4 rings (SSSR count). The maximum Gasteiger partial charge on any atom is -0.0533 e. The van der Waals surface area contributed by atoms with Crippen LogP contribution in [-0.4, -0.2) is 0 Å². The van der Waals surface area contributed by atoms with Gasteiger partial charge in [-0.25, -0.2) is 0 Å². The van der Waals surface area contributed by atoms with E-state index >= 15 is 0 Å². The molecule has 4 saturated carbocycles. The Bertz CT molecular complexity index is 64.0. The minimum atomic E-state index is 0. The van der Waals surface area contributed by atoms with Gasteiger partial charge in [-0.05, 0) is 0 Å². The van der Waals surface area contributed by atoms with Gasteiger partial charge in [0.05, 0.1) is 0 Å². The molecule has 0 saturated heterocycles. The summed E-state index contributed by atoms with van der Waals surface area (Å²) in [5.74, 6) is 0. The zero-order valence-electron chi connectivity index (χ0n) is 11.3. The summed E-state index contributed by atoms with van der Waals surface area (Å²) in [6.45, 7) is 0. The first kappa shape index (κ1) is 28.2. The molecule has 0 spiro atoms. The molecule has 0 aromatic carbocycles. The fraction of sp³-hybridized carbons (Fsp3) is 1.00. The predicted molar refractivity (Wildman–Crippen MR) is 101 cm³/mol. The Balaban J connectivity index is -0.0000000800. The molecule has 0 N–H and O–H groups in total. The van der Waals surface area contributed by atoms with Gasteiger partial charge in [0.1, 0.15) is 0 Å². The maximum absolute atomic E-state index is 1.50. The average molecular weight is 289 g/mol. The lowest BCUT2D eigenvalue weighted by molar-refractivity contribution is 0.504. The van der Waals surface area contributed by atoms with Crippen LogP contribution in [0.3, 0.4) is 0 Å². The Morgan fingerprint density at radius 2 is 0.200 bits per heavy atom. The molecule has 20 heavy (non-hydrogen) atoms. The molecule has 4 aliphatic carbocycles. The van der Waals surface area contributed by atoms with Crippen LogP contribution in [0.2, 0.25) is 0 Å². The second-order valence-electron chi connectivity index (χ2n) is 5.66. The Labute approximate surface area is 133 Å². The summed E-state index contributed by atoms with van der Waals surface area (Å²) < 4.78 is 0. The highest BCUT2D eigenvalue weighted by Crippen LogP contribution is 2.16. The van der Waals surface area contributed by atoms with Gasteiger partial charge in [-0.3, -0.25) is 0 Å². The van der Waals surface area contributed by atoms with Crippen molar-refractivity contribution in [1.29, 1.82) is 0 Å². The van der Waals surface area contributed by atoms with Crippen LogP contribution in [0.4, 0.5) is 0 Å². The van der Waals surface area contributed by atoms with Crippen LogP contribution >= 0.6 is 0 Å². The van der Waals surface area contributed by atoms with Crippen LogP contribution in [0.25, 0.3) is 0 Å². The molecule has 128 valence electrons. The van der Waals surface area contributed by atoms with E-state index in [0.717, 1.165) is 0 Å². The molecule has 0 nitrogen and oxygen atoms in total. The Morgan fingerprint density at radius 3 is 0.200 bits per heavy atom. The zero-order valence-corrected chi connectivity index (χ0v) is 11.3. The summed E-state index contributed by atoms with van der Waals surface area (Å²) in [6, 6.07) is 0. The van der Waals surface area contributed by atoms with E-state index in [0.29, 0.717) is 0 Å². The molecular weight excluding hydrogens is 240 g/mol. The maximum atomic E-state index is 1.50. The van der Waals surface area contributed by atoms with Crippen molar-refractivity contribution in [2.75, 3.05) is 0 Å². The summed E-state index contributed by atoms with van der Waals surface area (Å²) in [5, 5.41) is 0. The highest BCUT2D eigenvalue weighted by molar-refractivity contribution is 4.52. The van der Waals surface area contributed by atoms with Gasteiger partial charge in [-0.1, -0.05) is 132 Å². The topological polar surface area (TPSA) is 0 Å². The van der Waals surface area contributed by atoms with Gasteiger partial charge in [-0.15, -0.1) is 0 Å². The van der Waals surface area contributed by atoms with Gasteiger partial charge in [0.25, 0.3) is 0 Å². The number of hydrogen-bond acceptors (Lipinski definition) is 0. The lowest BCUT2D eigenvalue weighted by Crippen LogP contribution is -1.85. The first-order valence-electron chi connectivity index (χ1n) is 8.00. The van der Waals surface area contributed by atoms with E-state index in [4.69, 9.17) is 0 Å². The number of hydrogen-bond donors (Lipinski definition) is 0. The molecule has 0 aromatic heterocycles. The van der Waals surface area contributed by atoms with E-state index < -0.39 is 0 Å². The molecule has 0 radical (unpaired) electrons. The van der Waals surface area contributed by atoms with E-state index in [1.807, 2.05) is 0 Å². The van der Waals surface area contributed by atoms with Gasteiger partial charge in [0.15, 0.2) is 0 Å². The van der Waals surface area contributed by atoms with Gasteiger partial charge in [0, 0.05) is 0 Å². The van der Waals surface area contributed by atoms with E-state index in [9.17, 15) is 0 Å². The highest BCUT2D eigenvalue weighted by Gasteiger charge is 1.96. The lowest BCUT2D eigenvalue weighted by Gasteiger charge is -2.05. The summed E-state index contributed by atoms with van der Waals surface area (Å²) in [4.78, 5) is 0. The standard InChI is InChI=1S/4C4H8.4CH4/c4*1-2-4-3-1;;;;/h4*1-4H2;4*1H4. The molecule has 0 bridgehead atoms. The third-order valence-electron chi connectivity index (χ3n) is 4.00. The molecule has 4 aliphatic rings. The fourth-order valence-corrected chi connectivity index (χ4v) is 1.000. The Hall–Kier alpha value is 0. The minimum Gasteiger partial charge on any atom is -0.0776 e. The van der Waals surface area contributed by atoms with Crippen LogP contribution in [0.5, 0.6) is 0 Å². The van der Waals surface area contributed by atoms with E-state index in [2.05, 4.69) is 0 Å². The normalized spacial score (nSPS) is 19.2. The summed E-state index contributed by atoms with van der Waals surface area (Å²) in [6.07, 6.45) is 24.0. The van der Waals surface area contributed by atoms with Gasteiger partial charge in [-0.2, -0.15) is 0 Å². The van der Waals surface area contributed by atoms with Crippen molar-refractivity contribution in [3.05, 3.63) is 0 Å². The van der Waals surface area contributed by atoms with Crippen LogP contribution in [0.1, 0.15) is 132 Å². The van der Waals surface area contributed by atoms with Crippen LogP contribution in [0, 0.1) is 0 Å². The smallest absolute Gasteiger partial charge is 0.0533 e. The molecule has 0 heteroatoms. The largest absolute Gasteiger partial charge is 0.0776 e. The van der Waals surface area contributed by atoms with Gasteiger partial charge >= 0.3 is 0 Å². The third-order valence-corrected chi connectivity index (χ3v) is 4.00. The first-order valence-corrected chi connectivity index (χ1v) is 8.00. The van der Waals surface area contributed by atoms with Crippen LogP contribution < -0.4 is 0 Å². The quantitative estimate of drug-likeness (QED) is 0.417. The highest BCUT2D eigenvalue weighted by atomic mass is 14.0. The van der Waals surface area contributed by atoms with Crippen molar-refractivity contribution in [1.82, 2.24) is 0 Å². The molecule has 4 fully saturated rings. The van der Waals surface area contributed by atoms with Gasteiger partial charge in [0.2, 0.25) is 0 Å². The minimum absolute atomic E-state index is 0. The van der Waals surface area contributed by atoms with Crippen molar-refractivity contribution >= 4 is 0 Å². The molecule has 0 unspecified atom stereocenters. The zero-order chi connectivity index (χ0) is 11.3. The predicted octanol–water partition coefficient (Wildman–Crippen LogP) is 8.79. The first-order chi connectivity index (χ1) is 8.00. The average Bonchev–Trinajstić information content (AvgIpc) is 1.62.